The van der Waals surface area contributed by atoms with Gasteiger partial charge in [0.2, 0.25) is 5.91 Å². The SMILES string of the molecule is C[C@@H]1CC[C@@H](OC(=O)CCC(=O)Nc2ccc(Cl)c(Cl)c2)C[C@@H]1C. The minimum absolute atomic E-state index is 0.0122. The summed E-state index contributed by atoms with van der Waals surface area (Å²) < 4.78 is 5.49. The molecular weight excluding hydrogens is 349 g/mol. The van der Waals surface area contributed by atoms with Gasteiger partial charge in [-0.2, -0.15) is 0 Å². The number of amides is 1. The van der Waals surface area contributed by atoms with Gasteiger partial charge >= 0.3 is 5.97 Å². The third kappa shape index (κ3) is 5.67. The van der Waals surface area contributed by atoms with Crippen LogP contribution in [0.2, 0.25) is 10.0 Å². The van der Waals surface area contributed by atoms with Crippen LogP contribution in [0.5, 0.6) is 0 Å². The Morgan fingerprint density at radius 1 is 1.12 bits per heavy atom. The van der Waals surface area contributed by atoms with E-state index >= 15 is 0 Å². The fraction of sp³-hybridized carbons (Fsp3) is 0.556. The first-order chi connectivity index (χ1) is 11.3. The Morgan fingerprint density at radius 2 is 1.88 bits per heavy atom. The normalized spacial score (nSPS) is 23.6. The number of nitrogens with one attached hydrogen (secondary N) is 1. The molecule has 1 amide bonds. The quantitative estimate of drug-likeness (QED) is 0.734. The second-order valence-electron chi connectivity index (χ2n) is 6.56. The van der Waals surface area contributed by atoms with Gasteiger partial charge in [0.25, 0.3) is 0 Å². The number of ether oxygens (including phenoxy) is 1. The second kappa shape index (κ2) is 8.72. The van der Waals surface area contributed by atoms with Crippen LogP contribution in [-0.2, 0) is 14.3 Å². The first-order valence-electron chi connectivity index (χ1n) is 8.29. The average Bonchev–Trinajstić information content (AvgIpc) is 2.53. The maximum Gasteiger partial charge on any atom is 0.306 e. The summed E-state index contributed by atoms with van der Waals surface area (Å²) in [7, 11) is 0. The second-order valence-corrected chi connectivity index (χ2v) is 7.37. The van der Waals surface area contributed by atoms with Gasteiger partial charge in [-0.1, -0.05) is 37.0 Å². The molecule has 0 aliphatic heterocycles. The largest absolute Gasteiger partial charge is 0.462 e. The molecule has 1 aliphatic rings. The van der Waals surface area contributed by atoms with E-state index in [1.54, 1.807) is 18.2 Å². The van der Waals surface area contributed by atoms with E-state index in [9.17, 15) is 9.59 Å². The van der Waals surface area contributed by atoms with Crippen molar-refractivity contribution in [1.29, 1.82) is 0 Å². The van der Waals surface area contributed by atoms with Gasteiger partial charge in [-0.3, -0.25) is 9.59 Å². The van der Waals surface area contributed by atoms with Crippen molar-refractivity contribution in [3.63, 3.8) is 0 Å². The van der Waals surface area contributed by atoms with Gasteiger partial charge in [0, 0.05) is 12.1 Å². The Bertz CT molecular complexity index is 606. The molecule has 1 N–H and O–H groups in total. The number of benzene rings is 1. The van der Waals surface area contributed by atoms with Crippen molar-refractivity contribution in [2.24, 2.45) is 11.8 Å². The number of rotatable bonds is 5. The molecule has 1 aliphatic carbocycles. The van der Waals surface area contributed by atoms with Crippen LogP contribution in [0.15, 0.2) is 18.2 Å². The highest BCUT2D eigenvalue weighted by molar-refractivity contribution is 6.42. The molecule has 0 radical (unpaired) electrons. The summed E-state index contributed by atoms with van der Waals surface area (Å²) in [5.74, 6) is 0.674. The fourth-order valence-electron chi connectivity index (χ4n) is 2.86. The summed E-state index contributed by atoms with van der Waals surface area (Å²) in [4.78, 5) is 23.8. The maximum absolute atomic E-state index is 11.9. The molecule has 0 saturated heterocycles. The predicted octanol–water partition coefficient (Wildman–Crippen LogP) is 5.08. The molecule has 0 aromatic heterocycles. The van der Waals surface area contributed by atoms with E-state index in [-0.39, 0.29) is 30.8 Å². The lowest BCUT2D eigenvalue weighted by Crippen LogP contribution is -2.29. The summed E-state index contributed by atoms with van der Waals surface area (Å²) in [6, 6.07) is 4.85. The molecule has 3 atom stereocenters. The highest BCUT2D eigenvalue weighted by Gasteiger charge is 2.27. The maximum atomic E-state index is 11.9. The van der Waals surface area contributed by atoms with Gasteiger partial charge in [-0.15, -0.1) is 0 Å². The third-order valence-electron chi connectivity index (χ3n) is 4.61. The molecular formula is C18H23Cl2NO3. The van der Waals surface area contributed by atoms with E-state index in [0.717, 1.165) is 19.3 Å². The lowest BCUT2D eigenvalue weighted by Gasteiger charge is -2.31. The van der Waals surface area contributed by atoms with Crippen LogP contribution in [0.3, 0.4) is 0 Å². The topological polar surface area (TPSA) is 55.4 Å². The summed E-state index contributed by atoms with van der Waals surface area (Å²) in [5, 5.41) is 3.49. The van der Waals surface area contributed by atoms with Crippen molar-refractivity contribution in [2.75, 3.05) is 5.32 Å². The van der Waals surface area contributed by atoms with E-state index in [4.69, 9.17) is 27.9 Å². The summed E-state index contributed by atoms with van der Waals surface area (Å²) >= 11 is 11.7. The molecule has 24 heavy (non-hydrogen) atoms. The Balaban J connectivity index is 1.73. The van der Waals surface area contributed by atoms with Gasteiger partial charge < -0.3 is 10.1 Å². The van der Waals surface area contributed by atoms with Gasteiger partial charge in [0.05, 0.1) is 16.5 Å². The minimum Gasteiger partial charge on any atom is -0.462 e. The van der Waals surface area contributed by atoms with E-state index < -0.39 is 0 Å². The van der Waals surface area contributed by atoms with Crippen molar-refractivity contribution in [1.82, 2.24) is 0 Å². The molecule has 6 heteroatoms. The summed E-state index contributed by atoms with van der Waals surface area (Å²) in [5.41, 5.74) is 0.554. The van der Waals surface area contributed by atoms with E-state index in [1.807, 2.05) is 0 Å². The number of carbonyl (C=O) groups excluding carboxylic acids is 2. The Morgan fingerprint density at radius 3 is 2.54 bits per heavy atom. The van der Waals surface area contributed by atoms with E-state index in [0.29, 0.717) is 27.6 Å². The van der Waals surface area contributed by atoms with Crippen LogP contribution >= 0.6 is 23.2 Å². The van der Waals surface area contributed by atoms with Crippen LogP contribution in [0.4, 0.5) is 5.69 Å². The molecule has 0 unspecified atom stereocenters. The van der Waals surface area contributed by atoms with E-state index in [2.05, 4.69) is 19.2 Å². The van der Waals surface area contributed by atoms with Gasteiger partial charge in [-0.05, 0) is 49.3 Å². The average molecular weight is 372 g/mol. The molecule has 1 fully saturated rings. The fourth-order valence-corrected chi connectivity index (χ4v) is 3.16. The third-order valence-corrected chi connectivity index (χ3v) is 5.35. The molecule has 1 aromatic carbocycles. The van der Waals surface area contributed by atoms with Crippen LogP contribution in [-0.4, -0.2) is 18.0 Å². The summed E-state index contributed by atoms with van der Waals surface area (Å²) in [6.45, 7) is 4.42. The van der Waals surface area contributed by atoms with Crippen LogP contribution in [0.1, 0.15) is 46.0 Å². The Labute approximate surface area is 152 Å². The van der Waals surface area contributed by atoms with Gasteiger partial charge in [-0.25, -0.2) is 0 Å². The standard InChI is InChI=1S/C18H23Cl2NO3/c1-11-3-5-14(9-12(11)2)24-18(23)8-7-17(22)21-13-4-6-15(19)16(20)10-13/h4,6,10-12,14H,3,5,7-9H2,1-2H3,(H,21,22)/t11-,12+,14-/m1/s1. The molecule has 1 aromatic rings. The van der Waals surface area contributed by atoms with E-state index in [1.165, 1.54) is 0 Å². The van der Waals surface area contributed by atoms with Crippen molar-refractivity contribution in [3.8, 4) is 0 Å². The summed E-state index contributed by atoms with van der Waals surface area (Å²) in [6.07, 6.45) is 3.04. The van der Waals surface area contributed by atoms with Gasteiger partial charge in [0.1, 0.15) is 6.10 Å². The monoisotopic (exact) mass is 371 g/mol. The number of halogens is 2. The first kappa shape index (κ1) is 19.1. The predicted molar refractivity (Wildman–Crippen MR) is 96.4 cm³/mol. The highest BCUT2D eigenvalue weighted by Crippen LogP contribution is 2.31. The molecule has 1 saturated carbocycles. The van der Waals surface area contributed by atoms with Crippen molar-refractivity contribution in [2.45, 2.75) is 52.1 Å². The molecule has 2 rings (SSSR count). The minimum atomic E-state index is -0.314. The number of hydrogen-bond donors (Lipinski definition) is 1. The zero-order chi connectivity index (χ0) is 17.7. The molecule has 0 spiro atoms. The number of esters is 1. The number of carbonyl (C=O) groups is 2. The van der Waals surface area contributed by atoms with Crippen LogP contribution < -0.4 is 5.32 Å². The zero-order valence-corrected chi connectivity index (χ0v) is 15.5. The molecule has 132 valence electrons. The van der Waals surface area contributed by atoms with Crippen LogP contribution in [0.25, 0.3) is 0 Å². The zero-order valence-electron chi connectivity index (χ0n) is 14.0. The highest BCUT2D eigenvalue weighted by atomic mass is 35.5. The van der Waals surface area contributed by atoms with Crippen LogP contribution in [0, 0.1) is 11.8 Å². The number of hydrogen-bond acceptors (Lipinski definition) is 3. The number of anilines is 1. The Hall–Kier alpha value is -1.26. The van der Waals surface area contributed by atoms with Crippen molar-refractivity contribution >= 4 is 40.8 Å². The first-order valence-corrected chi connectivity index (χ1v) is 9.05. The van der Waals surface area contributed by atoms with Gasteiger partial charge in [0.15, 0.2) is 0 Å². The molecule has 4 nitrogen and oxygen atoms in total. The smallest absolute Gasteiger partial charge is 0.306 e. The lowest BCUT2D eigenvalue weighted by molar-refractivity contribution is -0.152. The van der Waals surface area contributed by atoms with Crippen molar-refractivity contribution in [3.05, 3.63) is 28.2 Å². The lowest BCUT2D eigenvalue weighted by atomic mass is 9.80. The Kier molecular flexibility index (Phi) is 6.93. The molecule has 0 bridgehead atoms. The molecule has 0 heterocycles. The van der Waals surface area contributed by atoms with Crippen molar-refractivity contribution < 1.29 is 14.3 Å².